The van der Waals surface area contributed by atoms with Gasteiger partial charge in [0.25, 0.3) is 0 Å². The predicted octanol–water partition coefficient (Wildman–Crippen LogP) is 4.48. The molecule has 0 unspecified atom stereocenters. The van der Waals surface area contributed by atoms with E-state index in [9.17, 15) is 17.6 Å². The molecule has 7 heteroatoms. The standard InChI is InChI=1S/C16H9F4NO2/c17-11-7-12(18)15(20)16(14(11)19)22-8-10-6-13(23-21-10)9-4-2-1-3-5-9/h1-7H,8H2. The number of nitrogens with zero attached hydrogens (tertiary/aromatic N) is 1. The average Bonchev–Trinajstić information content (AvgIpc) is 3.03. The molecule has 3 aromatic rings. The molecular formula is C16H9F4NO2. The molecule has 0 fully saturated rings. The molecule has 0 N–H and O–H groups in total. The Kier molecular flexibility index (Phi) is 4.01. The van der Waals surface area contributed by atoms with Gasteiger partial charge in [0.2, 0.25) is 11.6 Å². The molecule has 0 saturated heterocycles. The molecule has 0 radical (unpaired) electrons. The Bertz CT molecular complexity index is 807. The van der Waals surface area contributed by atoms with Gasteiger partial charge in [-0.15, -0.1) is 0 Å². The highest BCUT2D eigenvalue weighted by Gasteiger charge is 2.21. The lowest BCUT2D eigenvalue weighted by atomic mass is 10.2. The second-order valence-electron chi connectivity index (χ2n) is 4.63. The molecule has 3 nitrogen and oxygen atoms in total. The normalized spacial score (nSPS) is 10.8. The molecule has 118 valence electrons. The van der Waals surface area contributed by atoms with E-state index in [0.717, 1.165) is 5.56 Å². The fourth-order valence-electron chi connectivity index (χ4n) is 1.94. The summed E-state index contributed by atoms with van der Waals surface area (Å²) in [5, 5.41) is 3.68. The number of rotatable bonds is 4. The zero-order valence-electron chi connectivity index (χ0n) is 11.5. The van der Waals surface area contributed by atoms with Crippen molar-refractivity contribution < 1.29 is 26.8 Å². The summed E-state index contributed by atoms with van der Waals surface area (Å²) < 4.78 is 63.0. The number of benzene rings is 2. The minimum Gasteiger partial charge on any atom is -0.481 e. The van der Waals surface area contributed by atoms with Crippen molar-refractivity contribution in [1.29, 1.82) is 0 Å². The van der Waals surface area contributed by atoms with Gasteiger partial charge in [-0.3, -0.25) is 0 Å². The lowest BCUT2D eigenvalue weighted by molar-refractivity contribution is 0.252. The molecule has 0 aliphatic rings. The largest absolute Gasteiger partial charge is 0.481 e. The smallest absolute Gasteiger partial charge is 0.203 e. The van der Waals surface area contributed by atoms with Crippen LogP contribution < -0.4 is 4.74 Å². The van der Waals surface area contributed by atoms with Crippen LogP contribution in [0.15, 0.2) is 47.0 Å². The molecule has 0 saturated carbocycles. The Morgan fingerprint density at radius 3 is 2.22 bits per heavy atom. The number of hydrogen-bond acceptors (Lipinski definition) is 3. The van der Waals surface area contributed by atoms with E-state index in [2.05, 4.69) is 5.16 Å². The second-order valence-corrected chi connectivity index (χ2v) is 4.63. The minimum atomic E-state index is -1.60. The molecule has 2 aromatic carbocycles. The maximum atomic E-state index is 13.5. The molecule has 23 heavy (non-hydrogen) atoms. The molecule has 0 amide bonds. The van der Waals surface area contributed by atoms with Crippen molar-refractivity contribution in [2.24, 2.45) is 0 Å². The van der Waals surface area contributed by atoms with Gasteiger partial charge < -0.3 is 9.26 Å². The maximum Gasteiger partial charge on any atom is 0.203 e. The molecule has 1 aromatic heterocycles. The highest BCUT2D eigenvalue weighted by Crippen LogP contribution is 2.27. The molecule has 0 aliphatic heterocycles. The Morgan fingerprint density at radius 1 is 0.913 bits per heavy atom. The number of ether oxygens (including phenoxy) is 1. The summed E-state index contributed by atoms with van der Waals surface area (Å²) in [7, 11) is 0. The van der Waals surface area contributed by atoms with Gasteiger partial charge in [-0.25, -0.2) is 8.78 Å². The monoisotopic (exact) mass is 323 g/mol. The van der Waals surface area contributed by atoms with Crippen LogP contribution >= 0.6 is 0 Å². The van der Waals surface area contributed by atoms with Crippen LogP contribution in [0.4, 0.5) is 17.6 Å². The first-order valence-corrected chi connectivity index (χ1v) is 6.53. The van der Waals surface area contributed by atoms with E-state index in [-0.39, 0.29) is 11.8 Å². The van der Waals surface area contributed by atoms with E-state index in [0.29, 0.717) is 5.76 Å². The van der Waals surface area contributed by atoms with Crippen molar-refractivity contribution in [3.05, 3.63) is 71.4 Å². The molecule has 0 aliphatic carbocycles. The summed E-state index contributed by atoms with van der Waals surface area (Å²) in [4.78, 5) is 0. The number of halogens is 4. The third-order valence-corrected chi connectivity index (χ3v) is 3.05. The molecule has 0 spiro atoms. The lowest BCUT2D eigenvalue weighted by Gasteiger charge is -2.07. The lowest BCUT2D eigenvalue weighted by Crippen LogP contribution is -2.04. The SMILES string of the molecule is Fc1cc(F)c(F)c(OCc2cc(-c3ccccc3)on2)c1F. The first-order chi connectivity index (χ1) is 11.1. The Balaban J connectivity index is 1.79. The first-order valence-electron chi connectivity index (χ1n) is 6.53. The van der Waals surface area contributed by atoms with E-state index in [1.165, 1.54) is 6.07 Å². The summed E-state index contributed by atoms with van der Waals surface area (Å²) in [5.41, 5.74) is 0.965. The van der Waals surface area contributed by atoms with Crippen molar-refractivity contribution in [2.45, 2.75) is 6.61 Å². The summed E-state index contributed by atoms with van der Waals surface area (Å²) in [6.45, 7) is -0.410. The predicted molar refractivity (Wildman–Crippen MR) is 72.5 cm³/mol. The Morgan fingerprint density at radius 2 is 1.57 bits per heavy atom. The van der Waals surface area contributed by atoms with E-state index >= 15 is 0 Å². The van der Waals surface area contributed by atoms with Gasteiger partial charge in [-0.05, 0) is 0 Å². The molecule has 1 heterocycles. The van der Waals surface area contributed by atoms with Gasteiger partial charge >= 0.3 is 0 Å². The zero-order chi connectivity index (χ0) is 16.4. The summed E-state index contributed by atoms with van der Waals surface area (Å²) in [5.74, 6) is -6.98. The summed E-state index contributed by atoms with van der Waals surface area (Å²) in [6, 6.07) is 10.6. The van der Waals surface area contributed by atoms with E-state index in [4.69, 9.17) is 9.26 Å². The fraction of sp³-hybridized carbons (Fsp3) is 0.0625. The average molecular weight is 323 g/mol. The number of aromatic nitrogens is 1. The minimum absolute atomic E-state index is 0.112. The molecule has 0 atom stereocenters. The fourth-order valence-corrected chi connectivity index (χ4v) is 1.94. The van der Waals surface area contributed by atoms with E-state index < -0.39 is 35.6 Å². The van der Waals surface area contributed by atoms with Crippen LogP contribution in [0.2, 0.25) is 0 Å². The third kappa shape index (κ3) is 3.03. The molecule has 0 bridgehead atoms. The summed E-state index contributed by atoms with van der Waals surface area (Å²) >= 11 is 0. The van der Waals surface area contributed by atoms with Crippen LogP contribution in [-0.2, 0) is 6.61 Å². The van der Waals surface area contributed by atoms with Crippen molar-refractivity contribution in [3.8, 4) is 17.1 Å². The van der Waals surface area contributed by atoms with Crippen molar-refractivity contribution in [3.63, 3.8) is 0 Å². The quantitative estimate of drug-likeness (QED) is 0.525. The first kappa shape index (κ1) is 15.1. The summed E-state index contributed by atoms with van der Waals surface area (Å²) in [6.07, 6.45) is 0. The van der Waals surface area contributed by atoms with Gasteiger partial charge in [-0.2, -0.15) is 8.78 Å². The van der Waals surface area contributed by atoms with Crippen molar-refractivity contribution in [2.75, 3.05) is 0 Å². The number of hydrogen-bond donors (Lipinski definition) is 0. The van der Waals surface area contributed by atoms with Crippen LogP contribution in [0.25, 0.3) is 11.3 Å². The van der Waals surface area contributed by atoms with Crippen LogP contribution in [0.5, 0.6) is 5.75 Å². The Labute approximate surface area is 128 Å². The van der Waals surface area contributed by atoms with E-state index in [1.54, 1.807) is 24.3 Å². The van der Waals surface area contributed by atoms with Crippen LogP contribution in [0.1, 0.15) is 5.69 Å². The van der Waals surface area contributed by atoms with E-state index in [1.807, 2.05) is 6.07 Å². The molecular weight excluding hydrogens is 314 g/mol. The van der Waals surface area contributed by atoms with Gasteiger partial charge in [-0.1, -0.05) is 35.5 Å². The third-order valence-electron chi connectivity index (χ3n) is 3.05. The highest BCUT2D eigenvalue weighted by molar-refractivity contribution is 5.56. The van der Waals surface area contributed by atoms with Gasteiger partial charge in [0.05, 0.1) is 0 Å². The highest BCUT2D eigenvalue weighted by atomic mass is 19.2. The van der Waals surface area contributed by atoms with Gasteiger partial charge in [0.1, 0.15) is 12.3 Å². The second kappa shape index (κ2) is 6.12. The topological polar surface area (TPSA) is 35.3 Å². The van der Waals surface area contributed by atoms with Crippen LogP contribution in [0.3, 0.4) is 0 Å². The Hall–Kier alpha value is -2.83. The van der Waals surface area contributed by atoms with Crippen molar-refractivity contribution in [1.82, 2.24) is 5.16 Å². The molecule has 3 rings (SSSR count). The van der Waals surface area contributed by atoms with Crippen molar-refractivity contribution >= 4 is 0 Å². The van der Waals surface area contributed by atoms with Gasteiger partial charge in [0, 0.05) is 17.7 Å². The zero-order valence-corrected chi connectivity index (χ0v) is 11.5. The van der Waals surface area contributed by atoms with Crippen LogP contribution in [-0.4, -0.2) is 5.16 Å². The van der Waals surface area contributed by atoms with Crippen LogP contribution in [0, 0.1) is 23.3 Å². The maximum absolute atomic E-state index is 13.5. The van der Waals surface area contributed by atoms with Gasteiger partial charge in [0.15, 0.2) is 23.1 Å².